The summed E-state index contributed by atoms with van der Waals surface area (Å²) in [4.78, 5) is 25.7. The summed E-state index contributed by atoms with van der Waals surface area (Å²) >= 11 is 0. The molecule has 2 heterocycles. The molecule has 0 radical (unpaired) electrons. The van der Waals surface area contributed by atoms with E-state index in [4.69, 9.17) is 0 Å². The Morgan fingerprint density at radius 2 is 2.00 bits per heavy atom. The van der Waals surface area contributed by atoms with Crippen LogP contribution >= 0.6 is 0 Å². The first-order valence-corrected chi connectivity index (χ1v) is 8.71. The maximum Gasteiger partial charge on any atom is 0.225 e. The van der Waals surface area contributed by atoms with Crippen molar-refractivity contribution in [2.24, 2.45) is 5.92 Å². The van der Waals surface area contributed by atoms with E-state index in [1.807, 2.05) is 20.8 Å². The third kappa shape index (κ3) is 3.50. The molecule has 2 aliphatic heterocycles. The van der Waals surface area contributed by atoms with Gasteiger partial charge in [0.1, 0.15) is 0 Å². The lowest BCUT2D eigenvalue weighted by Crippen LogP contribution is -2.45. The molecule has 6 nitrogen and oxygen atoms in total. The largest absolute Gasteiger partial charge is 0.351 e. The fraction of sp³-hybridized carbons (Fsp3) is 0.846. The number of likely N-dealkylation sites (tertiary alicyclic amines) is 1. The average molecular weight is 302 g/mol. The molecule has 2 fully saturated rings. The molecule has 0 aromatic rings. The van der Waals surface area contributed by atoms with Crippen LogP contribution in [0.1, 0.15) is 33.6 Å². The Bertz CT molecular complexity index is 521. The van der Waals surface area contributed by atoms with Crippen molar-refractivity contribution in [1.82, 2.24) is 10.2 Å². The number of hydrogen-bond acceptors (Lipinski definition) is 4. The molecular formula is C13H22N2O4S. The molecule has 2 saturated heterocycles. The van der Waals surface area contributed by atoms with Crippen LogP contribution in [0.3, 0.4) is 0 Å². The van der Waals surface area contributed by atoms with Crippen LogP contribution in [0.15, 0.2) is 0 Å². The number of carbonyl (C=O) groups is 2. The minimum Gasteiger partial charge on any atom is -0.351 e. The van der Waals surface area contributed by atoms with Gasteiger partial charge in [0.2, 0.25) is 11.8 Å². The Labute approximate surface area is 119 Å². The highest BCUT2D eigenvalue weighted by molar-refractivity contribution is 7.91. The molecule has 0 spiro atoms. The van der Waals surface area contributed by atoms with E-state index in [0.29, 0.717) is 13.0 Å². The molecule has 0 aliphatic carbocycles. The second-order valence-electron chi connectivity index (χ2n) is 6.74. The van der Waals surface area contributed by atoms with E-state index >= 15 is 0 Å². The fourth-order valence-corrected chi connectivity index (χ4v) is 4.48. The molecule has 7 heteroatoms. The monoisotopic (exact) mass is 302 g/mol. The SMILES string of the molecule is CC(C)(C)NC(=O)[C@H]1CC(=O)N([C@H]2CCS(=O)(=O)C2)C1. The third-order valence-electron chi connectivity index (χ3n) is 3.68. The van der Waals surface area contributed by atoms with Crippen molar-refractivity contribution in [3.8, 4) is 0 Å². The lowest BCUT2D eigenvalue weighted by molar-refractivity contribution is -0.130. The summed E-state index contributed by atoms with van der Waals surface area (Å²) in [7, 11) is -3.02. The van der Waals surface area contributed by atoms with Crippen LogP contribution in [0.2, 0.25) is 0 Å². The summed E-state index contributed by atoms with van der Waals surface area (Å²) in [6.45, 7) is 6.01. The summed E-state index contributed by atoms with van der Waals surface area (Å²) < 4.78 is 23.0. The first kappa shape index (κ1) is 15.3. The predicted molar refractivity (Wildman–Crippen MR) is 74.8 cm³/mol. The Hall–Kier alpha value is -1.11. The molecule has 0 bridgehead atoms. The molecule has 0 unspecified atom stereocenters. The lowest BCUT2D eigenvalue weighted by atomic mass is 10.0. The van der Waals surface area contributed by atoms with Gasteiger partial charge in [-0.3, -0.25) is 9.59 Å². The molecule has 20 heavy (non-hydrogen) atoms. The first-order chi connectivity index (χ1) is 9.07. The number of nitrogens with zero attached hydrogens (tertiary/aromatic N) is 1. The van der Waals surface area contributed by atoms with E-state index in [9.17, 15) is 18.0 Å². The van der Waals surface area contributed by atoms with E-state index in [1.165, 1.54) is 0 Å². The predicted octanol–water partition coefficient (Wildman–Crippen LogP) is -0.0633. The van der Waals surface area contributed by atoms with Crippen LogP contribution in [0.25, 0.3) is 0 Å². The molecule has 114 valence electrons. The van der Waals surface area contributed by atoms with Crippen LogP contribution in [0, 0.1) is 5.92 Å². The molecule has 0 saturated carbocycles. The van der Waals surface area contributed by atoms with Crippen LogP contribution in [0.4, 0.5) is 0 Å². The molecule has 2 amide bonds. The minimum absolute atomic E-state index is 0.0341. The number of rotatable bonds is 2. The quantitative estimate of drug-likeness (QED) is 0.774. The van der Waals surface area contributed by atoms with Gasteiger partial charge in [0.15, 0.2) is 9.84 Å². The zero-order chi connectivity index (χ0) is 15.1. The molecule has 0 aromatic heterocycles. The van der Waals surface area contributed by atoms with Crippen molar-refractivity contribution in [3.05, 3.63) is 0 Å². The highest BCUT2D eigenvalue weighted by Gasteiger charge is 2.42. The standard InChI is InChI=1S/C13H22N2O4S/c1-13(2,3)14-12(17)9-6-11(16)15(7-9)10-4-5-20(18,19)8-10/h9-10H,4-8H2,1-3H3,(H,14,17)/t9-,10-/m0/s1. The van der Waals surface area contributed by atoms with Gasteiger partial charge >= 0.3 is 0 Å². The summed E-state index contributed by atoms with van der Waals surface area (Å²) in [6.07, 6.45) is 0.667. The molecule has 2 aliphatic rings. The van der Waals surface area contributed by atoms with Gasteiger partial charge in [0.25, 0.3) is 0 Å². The number of carbonyl (C=O) groups excluding carboxylic acids is 2. The second kappa shape index (κ2) is 5.02. The number of hydrogen-bond donors (Lipinski definition) is 1. The Morgan fingerprint density at radius 3 is 2.50 bits per heavy atom. The van der Waals surface area contributed by atoms with Crippen LogP contribution in [-0.2, 0) is 19.4 Å². The van der Waals surface area contributed by atoms with Crippen LogP contribution < -0.4 is 5.32 Å². The van der Waals surface area contributed by atoms with Gasteiger partial charge in [0.05, 0.1) is 17.4 Å². The van der Waals surface area contributed by atoms with E-state index in [-0.39, 0.29) is 47.2 Å². The minimum atomic E-state index is -3.02. The van der Waals surface area contributed by atoms with Gasteiger partial charge in [-0.1, -0.05) is 0 Å². The van der Waals surface area contributed by atoms with Crippen molar-refractivity contribution < 1.29 is 18.0 Å². The van der Waals surface area contributed by atoms with Gasteiger partial charge in [-0.05, 0) is 27.2 Å². The first-order valence-electron chi connectivity index (χ1n) is 6.89. The molecule has 2 rings (SSSR count). The van der Waals surface area contributed by atoms with E-state index in [0.717, 1.165) is 0 Å². The Kier molecular flexibility index (Phi) is 3.83. The van der Waals surface area contributed by atoms with Crippen molar-refractivity contribution >= 4 is 21.7 Å². The lowest BCUT2D eigenvalue weighted by Gasteiger charge is -2.25. The number of sulfone groups is 1. The number of amides is 2. The summed E-state index contributed by atoms with van der Waals surface area (Å²) in [5.41, 5.74) is -0.329. The highest BCUT2D eigenvalue weighted by Crippen LogP contribution is 2.26. The zero-order valence-electron chi connectivity index (χ0n) is 12.2. The number of nitrogens with one attached hydrogen (secondary N) is 1. The smallest absolute Gasteiger partial charge is 0.225 e. The molecule has 1 N–H and O–H groups in total. The van der Waals surface area contributed by atoms with Gasteiger partial charge in [-0.2, -0.15) is 0 Å². The average Bonchev–Trinajstić information content (AvgIpc) is 2.79. The van der Waals surface area contributed by atoms with Crippen LogP contribution in [0.5, 0.6) is 0 Å². The van der Waals surface area contributed by atoms with Crippen molar-refractivity contribution in [1.29, 1.82) is 0 Å². The third-order valence-corrected chi connectivity index (χ3v) is 5.43. The van der Waals surface area contributed by atoms with Gasteiger partial charge in [-0.25, -0.2) is 8.42 Å². The van der Waals surface area contributed by atoms with Crippen molar-refractivity contribution in [2.75, 3.05) is 18.1 Å². The van der Waals surface area contributed by atoms with Gasteiger partial charge < -0.3 is 10.2 Å². The zero-order valence-corrected chi connectivity index (χ0v) is 13.0. The molecular weight excluding hydrogens is 280 g/mol. The van der Waals surface area contributed by atoms with E-state index in [2.05, 4.69) is 5.32 Å². The highest BCUT2D eigenvalue weighted by atomic mass is 32.2. The van der Waals surface area contributed by atoms with Gasteiger partial charge in [-0.15, -0.1) is 0 Å². The summed E-state index contributed by atoms with van der Waals surface area (Å²) in [6, 6.07) is -0.250. The van der Waals surface area contributed by atoms with Crippen LogP contribution in [-0.4, -0.2) is 54.8 Å². The second-order valence-corrected chi connectivity index (χ2v) is 8.97. The normalized spacial score (nSPS) is 29.8. The fourth-order valence-electron chi connectivity index (χ4n) is 2.75. The van der Waals surface area contributed by atoms with Crippen molar-refractivity contribution in [2.45, 2.75) is 45.2 Å². The maximum absolute atomic E-state index is 12.1. The molecule has 0 aromatic carbocycles. The topological polar surface area (TPSA) is 83.6 Å². The Morgan fingerprint density at radius 1 is 1.35 bits per heavy atom. The Balaban J connectivity index is 1.99. The van der Waals surface area contributed by atoms with Crippen molar-refractivity contribution in [3.63, 3.8) is 0 Å². The van der Waals surface area contributed by atoms with E-state index in [1.54, 1.807) is 4.90 Å². The maximum atomic E-state index is 12.1. The summed E-state index contributed by atoms with van der Waals surface area (Å²) in [5, 5.41) is 2.87. The summed E-state index contributed by atoms with van der Waals surface area (Å²) in [5.74, 6) is -0.437. The molecule has 2 atom stereocenters. The van der Waals surface area contributed by atoms with Gasteiger partial charge in [0, 0.05) is 24.5 Å². The van der Waals surface area contributed by atoms with E-state index < -0.39 is 9.84 Å².